The molecule has 0 N–H and O–H groups in total. The molecule has 1 rings (SSSR count). The minimum Gasteiger partial charge on any atom is -0.224 e. The van der Waals surface area contributed by atoms with Crippen LogP contribution in [-0.2, 0) is 18.9 Å². The van der Waals surface area contributed by atoms with Gasteiger partial charge in [-0.05, 0) is 18.2 Å². The molecule has 8 heteroatoms. The van der Waals surface area contributed by atoms with Gasteiger partial charge in [0.2, 0.25) is 0 Å². The maximum absolute atomic E-state index is 12.7. The van der Waals surface area contributed by atoms with Gasteiger partial charge < -0.3 is 0 Å². The first-order chi connectivity index (χ1) is 6.62. The summed E-state index contributed by atoms with van der Waals surface area (Å²) >= 11 is 0. The van der Waals surface area contributed by atoms with Gasteiger partial charge in [0.1, 0.15) is 10.7 Å². The van der Waals surface area contributed by atoms with Crippen LogP contribution in [0.5, 0.6) is 0 Å². The van der Waals surface area contributed by atoms with Gasteiger partial charge >= 0.3 is 0 Å². The van der Waals surface area contributed by atoms with Crippen LogP contribution in [0.15, 0.2) is 28.0 Å². The van der Waals surface area contributed by atoms with Gasteiger partial charge in [-0.15, -0.1) is 0 Å². The summed E-state index contributed by atoms with van der Waals surface area (Å²) in [5.41, 5.74) is 0. The van der Waals surface area contributed by atoms with Gasteiger partial charge in [-0.1, -0.05) is 0 Å². The normalized spacial score (nSPS) is 12.7. The van der Waals surface area contributed by atoms with Crippen LogP contribution in [0.1, 0.15) is 0 Å². The molecule has 0 aliphatic rings. The summed E-state index contributed by atoms with van der Waals surface area (Å²) in [4.78, 5) is -1.26. The van der Waals surface area contributed by atoms with Crippen LogP contribution in [-0.4, -0.2) is 23.1 Å². The summed E-state index contributed by atoms with van der Waals surface area (Å²) in [5, 5.41) is 0. The number of rotatable bonds is 2. The van der Waals surface area contributed by atoms with Crippen molar-refractivity contribution in [3.63, 3.8) is 0 Å². The van der Waals surface area contributed by atoms with Crippen molar-refractivity contribution in [2.24, 2.45) is 0 Å². The summed E-state index contributed by atoms with van der Waals surface area (Å²) in [5.74, 6) is -0.873. The van der Waals surface area contributed by atoms with E-state index in [2.05, 4.69) is 0 Å². The van der Waals surface area contributed by atoms with E-state index in [1.807, 2.05) is 0 Å². The number of benzene rings is 1. The van der Waals surface area contributed by atoms with Crippen molar-refractivity contribution in [3.8, 4) is 0 Å². The Morgan fingerprint density at radius 3 is 2.07 bits per heavy atom. The molecule has 0 heterocycles. The first kappa shape index (κ1) is 12.4. The van der Waals surface area contributed by atoms with Crippen LogP contribution in [0.4, 0.5) is 4.39 Å². The first-order valence-corrected chi connectivity index (χ1v) is 7.77. The highest BCUT2D eigenvalue weighted by Gasteiger charge is 2.22. The van der Waals surface area contributed by atoms with Crippen molar-refractivity contribution in [1.29, 1.82) is 0 Å². The molecule has 0 bridgehead atoms. The van der Waals surface area contributed by atoms with E-state index in [0.717, 1.165) is 18.4 Å². The molecule has 0 atom stereocenters. The Hall–Kier alpha value is -0.660. The summed E-state index contributed by atoms with van der Waals surface area (Å²) in [6.07, 6.45) is 0.811. The van der Waals surface area contributed by atoms with E-state index in [-0.39, 0.29) is 0 Å². The van der Waals surface area contributed by atoms with Crippen molar-refractivity contribution in [1.82, 2.24) is 0 Å². The standard InChI is InChI=1S/C7H6ClFO4S2/c1-14(10,11)6-3-2-5(9)4-7(6)15(8,12)13/h2-4H,1H3. The van der Waals surface area contributed by atoms with Gasteiger partial charge in [-0.25, -0.2) is 21.2 Å². The third kappa shape index (κ3) is 2.90. The molecule has 0 fully saturated rings. The zero-order valence-electron chi connectivity index (χ0n) is 7.44. The van der Waals surface area contributed by atoms with E-state index < -0.39 is 34.5 Å². The minimum absolute atomic E-state index is 0.515. The molecule has 1 aromatic rings. The van der Waals surface area contributed by atoms with E-state index >= 15 is 0 Å². The van der Waals surface area contributed by atoms with Gasteiger partial charge in [0, 0.05) is 16.9 Å². The first-order valence-electron chi connectivity index (χ1n) is 3.56. The lowest BCUT2D eigenvalue weighted by atomic mass is 10.3. The van der Waals surface area contributed by atoms with Crippen molar-refractivity contribution < 1.29 is 21.2 Å². The molecular formula is C7H6ClFO4S2. The Balaban J connectivity index is 3.71. The molecule has 4 nitrogen and oxygen atoms in total. The molecule has 0 spiro atoms. The monoisotopic (exact) mass is 272 g/mol. The number of hydrogen-bond donors (Lipinski definition) is 0. The minimum atomic E-state index is -4.29. The smallest absolute Gasteiger partial charge is 0.224 e. The van der Waals surface area contributed by atoms with Crippen LogP contribution in [0.25, 0.3) is 0 Å². The molecule has 0 aliphatic carbocycles. The van der Waals surface area contributed by atoms with Crippen LogP contribution in [0.2, 0.25) is 0 Å². The second kappa shape index (κ2) is 3.73. The second-order valence-corrected chi connectivity index (χ2v) is 7.32. The summed E-state index contributed by atoms with van der Waals surface area (Å²) < 4.78 is 57.1. The van der Waals surface area contributed by atoms with Crippen LogP contribution >= 0.6 is 10.7 Å². The van der Waals surface area contributed by atoms with Crippen molar-refractivity contribution in [2.75, 3.05) is 6.26 Å². The Morgan fingerprint density at radius 1 is 1.13 bits per heavy atom. The van der Waals surface area contributed by atoms with E-state index in [1.54, 1.807) is 0 Å². The Morgan fingerprint density at radius 2 is 1.67 bits per heavy atom. The van der Waals surface area contributed by atoms with Crippen LogP contribution in [0.3, 0.4) is 0 Å². The fraction of sp³-hybridized carbons (Fsp3) is 0.143. The number of halogens is 2. The van der Waals surface area contributed by atoms with E-state index in [0.29, 0.717) is 6.07 Å². The average molecular weight is 273 g/mol. The zero-order valence-corrected chi connectivity index (χ0v) is 9.83. The second-order valence-electron chi connectivity index (χ2n) is 2.80. The number of sulfone groups is 1. The zero-order chi connectivity index (χ0) is 11.9. The summed E-state index contributed by atoms with van der Waals surface area (Å²) in [6.45, 7) is 0. The Kier molecular flexibility index (Phi) is 3.09. The van der Waals surface area contributed by atoms with Gasteiger partial charge in [0.25, 0.3) is 9.05 Å². The van der Waals surface area contributed by atoms with Crippen LogP contribution < -0.4 is 0 Å². The lowest BCUT2D eigenvalue weighted by Gasteiger charge is -2.04. The molecule has 0 unspecified atom stereocenters. The van der Waals surface area contributed by atoms with Gasteiger partial charge in [-0.3, -0.25) is 0 Å². The maximum Gasteiger partial charge on any atom is 0.262 e. The number of hydrogen-bond acceptors (Lipinski definition) is 4. The molecule has 0 aliphatic heterocycles. The lowest BCUT2D eigenvalue weighted by molar-refractivity contribution is 0.586. The molecule has 0 saturated heterocycles. The molecule has 15 heavy (non-hydrogen) atoms. The lowest BCUT2D eigenvalue weighted by Crippen LogP contribution is -2.05. The fourth-order valence-corrected chi connectivity index (χ4v) is 3.58. The van der Waals surface area contributed by atoms with Gasteiger partial charge in [0.05, 0.1) is 4.90 Å². The molecule has 0 amide bonds. The third-order valence-corrected chi connectivity index (χ3v) is 4.21. The third-order valence-electron chi connectivity index (χ3n) is 1.57. The van der Waals surface area contributed by atoms with Gasteiger partial charge in [0.15, 0.2) is 9.84 Å². The summed E-state index contributed by atoms with van der Waals surface area (Å²) in [7, 11) is -3.07. The molecule has 0 aromatic heterocycles. The Bertz CT molecular complexity index is 591. The van der Waals surface area contributed by atoms with Crippen molar-refractivity contribution in [3.05, 3.63) is 24.0 Å². The SMILES string of the molecule is CS(=O)(=O)c1ccc(F)cc1S(=O)(=O)Cl. The van der Waals surface area contributed by atoms with Crippen LogP contribution in [0, 0.1) is 5.82 Å². The summed E-state index contributed by atoms with van der Waals surface area (Å²) in [6, 6.07) is 2.28. The quantitative estimate of drug-likeness (QED) is 0.598. The molecular weight excluding hydrogens is 267 g/mol. The molecule has 1 aromatic carbocycles. The fourth-order valence-electron chi connectivity index (χ4n) is 0.979. The largest absolute Gasteiger partial charge is 0.262 e. The van der Waals surface area contributed by atoms with Gasteiger partial charge in [-0.2, -0.15) is 0 Å². The van der Waals surface area contributed by atoms with Crippen molar-refractivity contribution >= 4 is 29.6 Å². The van der Waals surface area contributed by atoms with E-state index in [9.17, 15) is 21.2 Å². The highest BCUT2D eigenvalue weighted by atomic mass is 35.7. The maximum atomic E-state index is 12.7. The highest BCUT2D eigenvalue weighted by Crippen LogP contribution is 2.24. The van der Waals surface area contributed by atoms with E-state index in [1.165, 1.54) is 0 Å². The average Bonchev–Trinajstić information content (AvgIpc) is 2.00. The molecule has 0 saturated carbocycles. The van der Waals surface area contributed by atoms with Crippen molar-refractivity contribution in [2.45, 2.75) is 9.79 Å². The Labute approximate surface area is 91.0 Å². The highest BCUT2D eigenvalue weighted by molar-refractivity contribution is 8.14. The molecule has 0 radical (unpaired) electrons. The molecule has 84 valence electrons. The van der Waals surface area contributed by atoms with E-state index in [4.69, 9.17) is 10.7 Å². The predicted octanol–water partition coefficient (Wildman–Crippen LogP) is 1.16. The topological polar surface area (TPSA) is 68.3 Å². The predicted molar refractivity (Wildman–Crippen MR) is 52.5 cm³/mol.